The average molecular weight is 281 g/mol. The van der Waals surface area contributed by atoms with Gasteiger partial charge < -0.3 is 14.8 Å². The Morgan fingerprint density at radius 2 is 1.76 bits per heavy atom. The van der Waals surface area contributed by atoms with Crippen molar-refractivity contribution in [1.29, 1.82) is 0 Å². The molecule has 21 heavy (non-hydrogen) atoms. The highest BCUT2D eigenvalue weighted by atomic mass is 16.3. The molecule has 3 heteroatoms. The maximum atomic E-state index is 10.3. The van der Waals surface area contributed by atoms with Gasteiger partial charge in [-0.15, -0.1) is 0 Å². The van der Waals surface area contributed by atoms with E-state index >= 15 is 0 Å². The quantitative estimate of drug-likeness (QED) is 0.772. The Morgan fingerprint density at radius 3 is 2.48 bits per heavy atom. The minimum absolute atomic E-state index is 0.273. The van der Waals surface area contributed by atoms with Crippen molar-refractivity contribution in [3.8, 4) is 0 Å². The standard InChI is InChI=1S/C18H19NO2/c1-13-6-5-9-16-15(13)10-11-19(16)18(17(21)12-20)14-7-3-2-4-8-14/h2-11,17-18,20-21H,12H2,1H3/t17-,18+/m1/s1. The molecule has 0 saturated heterocycles. The van der Waals surface area contributed by atoms with Gasteiger partial charge in [0.15, 0.2) is 0 Å². The van der Waals surface area contributed by atoms with Crippen molar-refractivity contribution in [3.05, 3.63) is 71.9 Å². The summed E-state index contributed by atoms with van der Waals surface area (Å²) in [4.78, 5) is 0. The number of aromatic nitrogens is 1. The predicted octanol–water partition coefficient (Wildman–Crippen LogP) is 2.89. The Morgan fingerprint density at radius 1 is 1.00 bits per heavy atom. The number of benzene rings is 2. The third kappa shape index (κ3) is 2.46. The van der Waals surface area contributed by atoms with Gasteiger partial charge in [-0.1, -0.05) is 42.5 Å². The maximum absolute atomic E-state index is 10.3. The number of fused-ring (bicyclic) bond motifs is 1. The van der Waals surface area contributed by atoms with Crippen LogP contribution in [0.25, 0.3) is 10.9 Å². The van der Waals surface area contributed by atoms with Crippen molar-refractivity contribution in [1.82, 2.24) is 4.57 Å². The summed E-state index contributed by atoms with van der Waals surface area (Å²) in [5.41, 5.74) is 3.26. The number of nitrogens with zero attached hydrogens (tertiary/aromatic N) is 1. The molecule has 2 aromatic carbocycles. The van der Waals surface area contributed by atoms with Crippen LogP contribution in [0, 0.1) is 6.92 Å². The van der Waals surface area contributed by atoms with Gasteiger partial charge in [0.1, 0.15) is 6.10 Å². The van der Waals surface area contributed by atoms with E-state index in [1.165, 1.54) is 10.9 Å². The van der Waals surface area contributed by atoms with Crippen molar-refractivity contribution in [2.45, 2.75) is 19.1 Å². The second-order valence-electron chi connectivity index (χ2n) is 5.34. The molecule has 0 aliphatic heterocycles. The SMILES string of the molecule is Cc1cccc2c1ccn2[C@@H](c1ccccc1)[C@H](O)CO. The zero-order valence-corrected chi connectivity index (χ0v) is 12.0. The zero-order valence-electron chi connectivity index (χ0n) is 12.0. The average Bonchev–Trinajstić information content (AvgIpc) is 2.94. The largest absolute Gasteiger partial charge is 0.394 e. The maximum Gasteiger partial charge on any atom is 0.102 e. The summed E-state index contributed by atoms with van der Waals surface area (Å²) in [6.07, 6.45) is 1.14. The molecular formula is C18H19NO2. The minimum Gasteiger partial charge on any atom is -0.394 e. The number of hydrogen-bond acceptors (Lipinski definition) is 2. The summed E-state index contributed by atoms with van der Waals surface area (Å²) in [7, 11) is 0. The van der Waals surface area contributed by atoms with E-state index in [0.29, 0.717) is 0 Å². The summed E-state index contributed by atoms with van der Waals surface area (Å²) in [6, 6.07) is 17.7. The molecule has 0 spiro atoms. The van der Waals surface area contributed by atoms with Crippen LogP contribution in [0.4, 0.5) is 0 Å². The van der Waals surface area contributed by atoms with Crippen LogP contribution in [0.2, 0.25) is 0 Å². The van der Waals surface area contributed by atoms with E-state index in [1.54, 1.807) is 0 Å². The first-order valence-corrected chi connectivity index (χ1v) is 7.12. The molecule has 0 amide bonds. The predicted molar refractivity (Wildman–Crippen MR) is 84.3 cm³/mol. The van der Waals surface area contributed by atoms with Gasteiger partial charge in [0.05, 0.1) is 12.6 Å². The molecule has 0 saturated carbocycles. The van der Waals surface area contributed by atoms with E-state index < -0.39 is 6.10 Å². The monoisotopic (exact) mass is 281 g/mol. The molecule has 0 aliphatic carbocycles. The van der Waals surface area contributed by atoms with E-state index in [4.69, 9.17) is 0 Å². The topological polar surface area (TPSA) is 45.4 Å². The molecule has 0 aliphatic rings. The molecule has 0 bridgehead atoms. The lowest BCUT2D eigenvalue weighted by molar-refractivity contribution is 0.0654. The van der Waals surface area contributed by atoms with Crippen LogP contribution in [0.5, 0.6) is 0 Å². The highest BCUT2D eigenvalue weighted by Gasteiger charge is 2.23. The molecule has 0 radical (unpaired) electrons. The molecule has 1 heterocycles. The first kappa shape index (κ1) is 13.9. The Kier molecular flexibility index (Phi) is 3.78. The molecule has 0 unspecified atom stereocenters. The number of aliphatic hydroxyl groups is 2. The molecule has 1 aromatic heterocycles. The summed E-state index contributed by atoms with van der Waals surface area (Å²) in [5, 5.41) is 20.9. The highest BCUT2D eigenvalue weighted by Crippen LogP contribution is 2.29. The Hall–Kier alpha value is -2.10. The summed E-state index contributed by atoms with van der Waals surface area (Å²) < 4.78 is 2.04. The Balaban J connectivity index is 2.18. The molecule has 3 rings (SSSR count). The lowest BCUT2D eigenvalue weighted by Crippen LogP contribution is -2.27. The third-order valence-corrected chi connectivity index (χ3v) is 3.97. The molecule has 2 atom stereocenters. The van der Waals surface area contributed by atoms with Crippen LogP contribution >= 0.6 is 0 Å². The lowest BCUT2D eigenvalue weighted by Gasteiger charge is -2.25. The van der Waals surface area contributed by atoms with Gasteiger partial charge in [0.25, 0.3) is 0 Å². The number of rotatable bonds is 4. The van der Waals surface area contributed by atoms with Gasteiger partial charge in [0.2, 0.25) is 0 Å². The Labute approximate surface area is 124 Å². The fraction of sp³-hybridized carbons (Fsp3) is 0.222. The van der Waals surface area contributed by atoms with Crippen LogP contribution in [0.1, 0.15) is 17.2 Å². The number of aliphatic hydroxyl groups excluding tert-OH is 2. The van der Waals surface area contributed by atoms with Gasteiger partial charge in [-0.2, -0.15) is 0 Å². The first-order valence-electron chi connectivity index (χ1n) is 7.12. The molecule has 2 N–H and O–H groups in total. The Bertz CT molecular complexity index is 733. The lowest BCUT2D eigenvalue weighted by atomic mass is 10.0. The third-order valence-electron chi connectivity index (χ3n) is 3.97. The summed E-state index contributed by atoms with van der Waals surface area (Å²) in [5.74, 6) is 0. The van der Waals surface area contributed by atoms with Crippen molar-refractivity contribution in [2.24, 2.45) is 0 Å². The van der Waals surface area contributed by atoms with E-state index in [0.717, 1.165) is 11.1 Å². The van der Waals surface area contributed by atoms with Crippen molar-refractivity contribution in [2.75, 3.05) is 6.61 Å². The normalized spacial score (nSPS) is 14.2. The summed E-state index contributed by atoms with van der Waals surface area (Å²) in [6.45, 7) is 1.80. The second kappa shape index (κ2) is 5.72. The first-order chi connectivity index (χ1) is 10.2. The second-order valence-corrected chi connectivity index (χ2v) is 5.34. The van der Waals surface area contributed by atoms with Gasteiger partial charge in [-0.05, 0) is 30.2 Å². The van der Waals surface area contributed by atoms with Crippen LogP contribution in [-0.4, -0.2) is 27.5 Å². The molecule has 3 nitrogen and oxygen atoms in total. The van der Waals surface area contributed by atoms with Crippen LogP contribution in [0.15, 0.2) is 60.8 Å². The fourth-order valence-electron chi connectivity index (χ4n) is 2.90. The number of aryl methyl sites for hydroxylation is 1. The molecular weight excluding hydrogens is 262 g/mol. The van der Waals surface area contributed by atoms with Crippen molar-refractivity contribution >= 4 is 10.9 Å². The van der Waals surface area contributed by atoms with E-state index in [-0.39, 0.29) is 12.6 Å². The fourth-order valence-corrected chi connectivity index (χ4v) is 2.90. The van der Waals surface area contributed by atoms with Gasteiger partial charge in [-0.3, -0.25) is 0 Å². The van der Waals surface area contributed by atoms with E-state index in [2.05, 4.69) is 19.1 Å². The van der Waals surface area contributed by atoms with Gasteiger partial charge in [-0.25, -0.2) is 0 Å². The van der Waals surface area contributed by atoms with Crippen molar-refractivity contribution < 1.29 is 10.2 Å². The number of hydrogen-bond donors (Lipinski definition) is 2. The zero-order chi connectivity index (χ0) is 14.8. The minimum atomic E-state index is -0.844. The molecule has 3 aromatic rings. The van der Waals surface area contributed by atoms with E-state index in [9.17, 15) is 10.2 Å². The van der Waals surface area contributed by atoms with Gasteiger partial charge in [0, 0.05) is 17.1 Å². The highest BCUT2D eigenvalue weighted by molar-refractivity contribution is 5.83. The van der Waals surface area contributed by atoms with Crippen LogP contribution in [-0.2, 0) is 0 Å². The van der Waals surface area contributed by atoms with Gasteiger partial charge >= 0.3 is 0 Å². The molecule has 0 fully saturated rings. The van der Waals surface area contributed by atoms with Crippen LogP contribution in [0.3, 0.4) is 0 Å². The smallest absolute Gasteiger partial charge is 0.102 e. The molecule has 108 valence electrons. The van der Waals surface area contributed by atoms with Crippen LogP contribution < -0.4 is 0 Å². The van der Waals surface area contributed by atoms with Crippen molar-refractivity contribution in [3.63, 3.8) is 0 Å². The van der Waals surface area contributed by atoms with E-state index in [1.807, 2.05) is 53.2 Å². The summed E-state index contributed by atoms with van der Waals surface area (Å²) >= 11 is 0.